The first-order valence-electron chi connectivity index (χ1n) is 13.2. The number of nitrogens with zero attached hydrogens (tertiary/aromatic N) is 2. The smallest absolute Gasteiger partial charge is 0.354 e. The monoisotopic (exact) mass is 582 g/mol. The predicted molar refractivity (Wildman–Crippen MR) is 146 cm³/mol. The molecule has 2 aliphatic heterocycles. The summed E-state index contributed by atoms with van der Waals surface area (Å²) in [6, 6.07) is 6.14. The van der Waals surface area contributed by atoms with Gasteiger partial charge in [-0.1, -0.05) is 6.92 Å². The normalized spacial score (nSPS) is 20.3. The molecule has 0 saturated carbocycles. The van der Waals surface area contributed by atoms with Crippen LogP contribution in [0.5, 0.6) is 5.75 Å². The minimum atomic E-state index is -3.23. The number of hydrogen-bond acceptors (Lipinski definition) is 5. The molecule has 2 aromatic rings. The summed E-state index contributed by atoms with van der Waals surface area (Å²) in [4.78, 5) is 41.8. The lowest BCUT2D eigenvalue weighted by Crippen LogP contribution is -2.53. The molecule has 0 bridgehead atoms. The van der Waals surface area contributed by atoms with E-state index in [0.717, 1.165) is 24.3 Å². The van der Waals surface area contributed by atoms with E-state index in [4.69, 9.17) is 4.74 Å². The second-order valence-electron chi connectivity index (χ2n) is 10.0. The third-order valence-corrected chi connectivity index (χ3v) is 6.94. The van der Waals surface area contributed by atoms with Gasteiger partial charge in [0.25, 0.3) is 5.91 Å². The van der Waals surface area contributed by atoms with Gasteiger partial charge in [-0.25, -0.2) is 8.78 Å². The number of rotatable bonds is 8. The van der Waals surface area contributed by atoms with E-state index in [1.165, 1.54) is 18.2 Å². The van der Waals surface area contributed by atoms with Crippen LogP contribution in [0, 0.1) is 11.6 Å². The summed E-state index contributed by atoms with van der Waals surface area (Å²) in [7, 11) is 0. The number of amides is 3. The summed E-state index contributed by atoms with van der Waals surface area (Å²) in [5, 5.41) is 5.94. The molecule has 0 unspecified atom stereocenters. The van der Waals surface area contributed by atoms with Crippen LogP contribution in [0.4, 0.5) is 18.9 Å². The van der Waals surface area contributed by atoms with Crippen molar-refractivity contribution in [1.82, 2.24) is 15.5 Å². The predicted octanol–water partition coefficient (Wildman–Crippen LogP) is 4.06. The number of hydrogen-bond donors (Lipinski definition) is 2. The number of anilines is 1. The van der Waals surface area contributed by atoms with Crippen molar-refractivity contribution >= 4 is 35.8 Å². The van der Waals surface area contributed by atoms with E-state index in [9.17, 15) is 23.2 Å². The molecular formula is C28H34ClF3N4O4. The molecule has 0 aliphatic carbocycles. The fourth-order valence-corrected chi connectivity index (χ4v) is 5.04. The number of carbonyl (C=O) groups excluding carboxylic acids is 3. The van der Waals surface area contributed by atoms with E-state index in [0.29, 0.717) is 24.7 Å². The Hall–Kier alpha value is -3.31. The molecule has 1 saturated heterocycles. The van der Waals surface area contributed by atoms with E-state index >= 15 is 4.39 Å². The summed E-state index contributed by atoms with van der Waals surface area (Å²) < 4.78 is 49.6. The lowest BCUT2D eigenvalue weighted by atomic mass is 10.00. The molecule has 3 amide bonds. The van der Waals surface area contributed by atoms with Gasteiger partial charge in [0.1, 0.15) is 17.4 Å². The highest BCUT2D eigenvalue weighted by molar-refractivity contribution is 6.04. The minimum absolute atomic E-state index is 0. The van der Waals surface area contributed by atoms with Gasteiger partial charge in [0.15, 0.2) is 0 Å². The maximum absolute atomic E-state index is 16.3. The van der Waals surface area contributed by atoms with Crippen molar-refractivity contribution in [2.45, 2.75) is 58.0 Å². The van der Waals surface area contributed by atoms with E-state index in [2.05, 4.69) is 10.6 Å². The van der Waals surface area contributed by atoms with Gasteiger partial charge in [-0.3, -0.25) is 14.4 Å². The molecule has 12 heteroatoms. The number of piperidine rings is 1. The van der Waals surface area contributed by atoms with E-state index < -0.39 is 29.0 Å². The van der Waals surface area contributed by atoms with Gasteiger partial charge in [-0.05, 0) is 63.6 Å². The Balaban J connectivity index is 0.00000441. The molecule has 2 aliphatic rings. The summed E-state index contributed by atoms with van der Waals surface area (Å²) in [5.41, 5.74) is -0.253. The molecule has 0 radical (unpaired) electrons. The average Bonchev–Trinajstić information content (AvgIpc) is 2.90. The molecule has 218 valence electrons. The van der Waals surface area contributed by atoms with Crippen molar-refractivity contribution in [3.63, 3.8) is 0 Å². The molecule has 40 heavy (non-hydrogen) atoms. The van der Waals surface area contributed by atoms with Crippen molar-refractivity contribution in [2.24, 2.45) is 0 Å². The average molecular weight is 583 g/mol. The molecule has 2 atom stereocenters. The lowest BCUT2D eigenvalue weighted by Gasteiger charge is -2.39. The van der Waals surface area contributed by atoms with Gasteiger partial charge in [0.05, 0.1) is 5.69 Å². The lowest BCUT2D eigenvalue weighted by molar-refractivity contribution is -0.155. The second-order valence-corrected chi connectivity index (χ2v) is 10.0. The quantitative estimate of drug-likeness (QED) is 0.490. The van der Waals surface area contributed by atoms with Crippen LogP contribution in [-0.4, -0.2) is 60.9 Å². The topological polar surface area (TPSA) is 91.0 Å². The van der Waals surface area contributed by atoms with Crippen LogP contribution < -0.4 is 20.3 Å². The Morgan fingerprint density at radius 3 is 2.50 bits per heavy atom. The largest absolute Gasteiger partial charge is 0.444 e. The number of alkyl halides is 1. The number of benzene rings is 2. The van der Waals surface area contributed by atoms with Gasteiger partial charge in [0, 0.05) is 55.3 Å². The molecule has 0 spiro atoms. The van der Waals surface area contributed by atoms with Crippen LogP contribution in [0.1, 0.15) is 56.0 Å². The number of ether oxygens (including phenoxy) is 1. The molecule has 2 aromatic carbocycles. The second kappa shape index (κ2) is 12.9. The van der Waals surface area contributed by atoms with Gasteiger partial charge < -0.3 is 25.2 Å². The Kier molecular flexibility index (Phi) is 10.1. The maximum atomic E-state index is 16.3. The minimum Gasteiger partial charge on any atom is -0.444 e. The Labute approximate surface area is 237 Å². The first-order valence-corrected chi connectivity index (χ1v) is 13.2. The standard InChI is InChI=1S/C28H33F3N4O4.ClH/c1-4-25(36)33-10-11-34-23-12-18(26(37)35(17(2)3)22-6-5-9-32-16-22)7-8-24(23)39-28(31,27(34)38)19-13-20(29)15-21(30)14-19;/h7-8,12-15,17,22,32H,4-6,9-11,16H2,1-3H3,(H,33,36);1H/t22-,28+;/m1./s1. The molecule has 1 fully saturated rings. The van der Waals surface area contributed by atoms with Gasteiger partial charge in [0.2, 0.25) is 5.91 Å². The molecule has 0 aromatic heterocycles. The summed E-state index contributed by atoms with van der Waals surface area (Å²) >= 11 is 0. The van der Waals surface area contributed by atoms with Crippen LogP contribution in [0.15, 0.2) is 36.4 Å². The van der Waals surface area contributed by atoms with E-state index in [1.807, 2.05) is 13.8 Å². The van der Waals surface area contributed by atoms with Gasteiger partial charge in [-0.2, -0.15) is 4.39 Å². The molecule has 8 nitrogen and oxygen atoms in total. The zero-order valence-corrected chi connectivity index (χ0v) is 23.5. The third kappa shape index (κ3) is 6.36. The first-order chi connectivity index (χ1) is 18.5. The third-order valence-electron chi connectivity index (χ3n) is 6.94. The van der Waals surface area contributed by atoms with Crippen molar-refractivity contribution in [2.75, 3.05) is 31.1 Å². The highest BCUT2D eigenvalue weighted by Crippen LogP contribution is 2.44. The van der Waals surface area contributed by atoms with Crippen LogP contribution in [0.3, 0.4) is 0 Å². The van der Waals surface area contributed by atoms with Crippen LogP contribution >= 0.6 is 12.4 Å². The number of fused-ring (bicyclic) bond motifs is 1. The Morgan fingerprint density at radius 2 is 1.90 bits per heavy atom. The maximum Gasteiger partial charge on any atom is 0.354 e. The SMILES string of the molecule is CCC(=O)NCCN1C(=O)[C@](F)(c2cc(F)cc(F)c2)Oc2ccc(C(=O)N(C(C)C)[C@@H]3CCCNC3)cc21.Cl. The summed E-state index contributed by atoms with van der Waals surface area (Å²) in [5.74, 6) is -7.21. The Morgan fingerprint density at radius 1 is 1.20 bits per heavy atom. The molecular weight excluding hydrogens is 549 g/mol. The first kappa shape index (κ1) is 31.2. The summed E-state index contributed by atoms with van der Waals surface area (Å²) in [6.45, 7) is 6.88. The fourth-order valence-electron chi connectivity index (χ4n) is 5.04. The summed E-state index contributed by atoms with van der Waals surface area (Å²) in [6.07, 6.45) is 1.99. The fraction of sp³-hybridized carbons (Fsp3) is 0.464. The molecule has 4 rings (SSSR count). The molecule has 2 N–H and O–H groups in total. The zero-order chi connectivity index (χ0) is 28.3. The van der Waals surface area contributed by atoms with Gasteiger partial charge in [-0.15, -0.1) is 12.4 Å². The van der Waals surface area contributed by atoms with E-state index in [1.54, 1.807) is 11.8 Å². The van der Waals surface area contributed by atoms with Crippen LogP contribution in [0.2, 0.25) is 0 Å². The zero-order valence-electron chi connectivity index (χ0n) is 22.6. The van der Waals surface area contributed by atoms with Crippen LogP contribution in [0.25, 0.3) is 0 Å². The highest BCUT2D eigenvalue weighted by Gasteiger charge is 2.51. The van der Waals surface area contributed by atoms with Crippen molar-refractivity contribution < 1.29 is 32.3 Å². The number of halogens is 4. The highest BCUT2D eigenvalue weighted by atomic mass is 35.5. The van der Waals surface area contributed by atoms with Crippen molar-refractivity contribution in [3.8, 4) is 5.75 Å². The Bertz CT molecular complexity index is 1240. The number of nitrogens with one attached hydrogen (secondary N) is 2. The van der Waals surface area contributed by atoms with E-state index in [-0.39, 0.29) is 72.8 Å². The van der Waals surface area contributed by atoms with Crippen molar-refractivity contribution in [3.05, 3.63) is 59.2 Å². The van der Waals surface area contributed by atoms with Crippen molar-refractivity contribution in [1.29, 1.82) is 0 Å². The molecule has 2 heterocycles. The number of carbonyl (C=O) groups is 3. The van der Waals surface area contributed by atoms with Gasteiger partial charge >= 0.3 is 11.8 Å². The van der Waals surface area contributed by atoms with Crippen LogP contribution in [-0.2, 0) is 15.4 Å².